The summed E-state index contributed by atoms with van der Waals surface area (Å²) in [7, 11) is 0. The second-order valence-electron chi connectivity index (χ2n) is 9.08. The molecule has 0 amide bonds. The van der Waals surface area contributed by atoms with Gasteiger partial charge in [-0.15, -0.1) is 0 Å². The zero-order valence-electron chi connectivity index (χ0n) is 19.5. The Bertz CT molecular complexity index is 1150. The predicted octanol–water partition coefficient (Wildman–Crippen LogP) is 8.07. The van der Waals surface area contributed by atoms with E-state index < -0.39 is 0 Å². The summed E-state index contributed by atoms with van der Waals surface area (Å²) in [6, 6.07) is 24.2. The van der Waals surface area contributed by atoms with E-state index in [1.165, 1.54) is 39.2 Å². The zero-order chi connectivity index (χ0) is 22.1. The van der Waals surface area contributed by atoms with Gasteiger partial charge in [-0.1, -0.05) is 58.0 Å². The summed E-state index contributed by atoms with van der Waals surface area (Å²) in [5, 5.41) is 0. The molecule has 2 aromatic heterocycles. The number of hydrogen-bond donors (Lipinski definition) is 0. The van der Waals surface area contributed by atoms with Gasteiger partial charge >= 0.3 is 0 Å². The van der Waals surface area contributed by atoms with Gasteiger partial charge in [-0.25, -0.2) is 0 Å². The maximum atomic E-state index is 4.57. The lowest BCUT2D eigenvalue weighted by atomic mass is 9.88. The van der Waals surface area contributed by atoms with Crippen LogP contribution in [0.4, 0.5) is 0 Å². The normalized spacial score (nSPS) is 11.5. The van der Waals surface area contributed by atoms with E-state index in [9.17, 15) is 0 Å². The first-order valence-electron chi connectivity index (χ1n) is 11.2. The molecule has 0 aliphatic heterocycles. The van der Waals surface area contributed by atoms with E-state index in [0.29, 0.717) is 11.8 Å². The van der Waals surface area contributed by atoms with E-state index in [1.54, 1.807) is 0 Å². The molecule has 0 spiro atoms. The van der Waals surface area contributed by atoms with Crippen LogP contribution in [0.5, 0.6) is 0 Å². The van der Waals surface area contributed by atoms with Crippen LogP contribution in [0.3, 0.4) is 0 Å². The Morgan fingerprint density at radius 1 is 0.645 bits per heavy atom. The molecule has 2 nitrogen and oxygen atoms in total. The predicted molar refractivity (Wildman–Crippen MR) is 132 cm³/mol. The topological polar surface area (TPSA) is 17.8 Å². The Labute approximate surface area is 186 Å². The van der Waals surface area contributed by atoms with Crippen molar-refractivity contribution in [2.45, 2.75) is 53.4 Å². The average molecular weight is 409 g/mol. The molecular formula is C29H32N2. The monoisotopic (exact) mass is 408 g/mol. The fourth-order valence-electron chi connectivity index (χ4n) is 4.43. The Morgan fingerprint density at radius 3 is 1.74 bits per heavy atom. The second kappa shape index (κ2) is 8.55. The molecule has 0 saturated heterocycles. The lowest BCUT2D eigenvalue weighted by molar-refractivity contribution is 0.808. The van der Waals surface area contributed by atoms with Crippen molar-refractivity contribution >= 4 is 0 Å². The first-order valence-corrected chi connectivity index (χ1v) is 11.2. The zero-order valence-corrected chi connectivity index (χ0v) is 19.5. The molecule has 0 fully saturated rings. The van der Waals surface area contributed by atoms with Crippen LogP contribution >= 0.6 is 0 Å². The fraction of sp³-hybridized carbons (Fsp3) is 0.276. The van der Waals surface area contributed by atoms with Crippen LogP contribution in [0.25, 0.3) is 28.1 Å². The first kappa shape index (κ1) is 21.1. The largest absolute Gasteiger partial charge is 0.316 e. The molecule has 4 rings (SSSR count). The number of rotatable bonds is 5. The van der Waals surface area contributed by atoms with Gasteiger partial charge in [-0.3, -0.25) is 4.98 Å². The molecule has 2 heterocycles. The number of aromatic nitrogens is 2. The van der Waals surface area contributed by atoms with E-state index in [4.69, 9.17) is 0 Å². The third-order valence-corrected chi connectivity index (χ3v) is 5.89. The van der Waals surface area contributed by atoms with Crippen molar-refractivity contribution in [2.24, 2.45) is 0 Å². The quantitative estimate of drug-likeness (QED) is 0.326. The van der Waals surface area contributed by atoms with Crippen LogP contribution in [0.1, 0.15) is 62.0 Å². The van der Waals surface area contributed by atoms with Gasteiger partial charge in [0.25, 0.3) is 0 Å². The molecule has 31 heavy (non-hydrogen) atoms. The second-order valence-corrected chi connectivity index (χ2v) is 9.08. The van der Waals surface area contributed by atoms with Gasteiger partial charge < -0.3 is 4.57 Å². The molecule has 0 N–H and O–H groups in total. The SMILES string of the molecule is Cc1cc(-c2cc(C(C)C)c(-n3cccc3-c3ccccc3)c(C(C)C)c2)cc(C)n1. The van der Waals surface area contributed by atoms with Crippen molar-refractivity contribution in [1.29, 1.82) is 0 Å². The minimum absolute atomic E-state index is 0.405. The number of nitrogens with zero attached hydrogens (tertiary/aromatic N) is 2. The van der Waals surface area contributed by atoms with Gasteiger partial charge in [0, 0.05) is 17.6 Å². The maximum Gasteiger partial charge on any atom is 0.0528 e. The van der Waals surface area contributed by atoms with Crippen molar-refractivity contribution in [3.8, 4) is 28.1 Å². The molecule has 0 radical (unpaired) electrons. The third kappa shape index (κ3) is 4.20. The van der Waals surface area contributed by atoms with Crippen molar-refractivity contribution in [1.82, 2.24) is 9.55 Å². The van der Waals surface area contributed by atoms with E-state index in [1.807, 2.05) is 0 Å². The molecule has 4 aromatic rings. The molecule has 0 atom stereocenters. The Kier molecular flexibility index (Phi) is 5.82. The summed E-state index contributed by atoms with van der Waals surface area (Å²) < 4.78 is 2.38. The molecule has 0 aliphatic rings. The molecule has 2 aromatic carbocycles. The van der Waals surface area contributed by atoms with E-state index >= 15 is 0 Å². The van der Waals surface area contributed by atoms with E-state index in [0.717, 1.165) is 11.4 Å². The van der Waals surface area contributed by atoms with Crippen LogP contribution in [0, 0.1) is 13.8 Å². The number of benzene rings is 2. The van der Waals surface area contributed by atoms with Crippen molar-refractivity contribution in [2.75, 3.05) is 0 Å². The van der Waals surface area contributed by atoms with Crippen LogP contribution in [0.15, 0.2) is 72.9 Å². The van der Waals surface area contributed by atoms with Gasteiger partial charge in [0.15, 0.2) is 0 Å². The van der Waals surface area contributed by atoms with Gasteiger partial charge in [-0.05, 0) is 89.9 Å². The number of aryl methyl sites for hydroxylation is 2. The smallest absolute Gasteiger partial charge is 0.0528 e. The summed E-state index contributed by atoms with van der Waals surface area (Å²) in [6.07, 6.45) is 2.20. The fourth-order valence-corrected chi connectivity index (χ4v) is 4.43. The molecule has 0 unspecified atom stereocenters. The molecule has 2 heteroatoms. The highest BCUT2D eigenvalue weighted by atomic mass is 15.0. The van der Waals surface area contributed by atoms with Crippen LogP contribution < -0.4 is 0 Å². The summed E-state index contributed by atoms with van der Waals surface area (Å²) in [5.41, 5.74) is 11.2. The summed E-state index contributed by atoms with van der Waals surface area (Å²) in [4.78, 5) is 4.57. The maximum absolute atomic E-state index is 4.57. The first-order chi connectivity index (χ1) is 14.8. The lowest BCUT2D eigenvalue weighted by Gasteiger charge is -2.24. The van der Waals surface area contributed by atoms with Gasteiger partial charge in [0.05, 0.1) is 11.4 Å². The number of pyridine rings is 1. The molecule has 0 bridgehead atoms. The molecule has 0 saturated carbocycles. The Balaban J connectivity index is 1.99. The van der Waals surface area contributed by atoms with Crippen molar-refractivity contribution in [3.05, 3.63) is 95.4 Å². The average Bonchev–Trinajstić information content (AvgIpc) is 3.22. The highest BCUT2D eigenvalue weighted by Gasteiger charge is 2.20. The molecule has 0 aliphatic carbocycles. The van der Waals surface area contributed by atoms with Gasteiger partial charge in [0.2, 0.25) is 0 Å². The lowest BCUT2D eigenvalue weighted by Crippen LogP contribution is -2.08. The highest BCUT2D eigenvalue weighted by Crippen LogP contribution is 2.38. The van der Waals surface area contributed by atoms with E-state index in [-0.39, 0.29) is 0 Å². The van der Waals surface area contributed by atoms with Crippen LogP contribution in [0.2, 0.25) is 0 Å². The summed E-state index contributed by atoms with van der Waals surface area (Å²) >= 11 is 0. The van der Waals surface area contributed by atoms with Crippen LogP contribution in [-0.4, -0.2) is 9.55 Å². The van der Waals surface area contributed by atoms with Crippen LogP contribution in [-0.2, 0) is 0 Å². The van der Waals surface area contributed by atoms with Gasteiger partial charge in [-0.2, -0.15) is 0 Å². The van der Waals surface area contributed by atoms with Crippen molar-refractivity contribution < 1.29 is 0 Å². The Morgan fingerprint density at radius 2 is 1.19 bits per heavy atom. The van der Waals surface area contributed by atoms with Crippen molar-refractivity contribution in [3.63, 3.8) is 0 Å². The van der Waals surface area contributed by atoms with E-state index in [2.05, 4.69) is 124 Å². The molecule has 158 valence electrons. The minimum atomic E-state index is 0.405. The third-order valence-electron chi connectivity index (χ3n) is 5.89. The minimum Gasteiger partial charge on any atom is -0.316 e. The molecular weight excluding hydrogens is 376 g/mol. The van der Waals surface area contributed by atoms with Gasteiger partial charge in [0.1, 0.15) is 0 Å². The standard InChI is InChI=1S/C29H32N2/c1-19(2)26-17-25(24-15-21(5)30-22(6)16-24)18-27(20(3)4)29(26)31-14-10-13-28(31)23-11-8-7-9-12-23/h7-20H,1-6H3. The Hall–Kier alpha value is -3.13. The summed E-state index contributed by atoms with van der Waals surface area (Å²) in [6.45, 7) is 13.3. The highest BCUT2D eigenvalue weighted by molar-refractivity contribution is 5.72. The summed E-state index contributed by atoms with van der Waals surface area (Å²) in [5.74, 6) is 0.810. The number of hydrogen-bond acceptors (Lipinski definition) is 1.